The van der Waals surface area contributed by atoms with Gasteiger partial charge in [-0.25, -0.2) is 4.79 Å². The van der Waals surface area contributed by atoms with E-state index in [1.165, 1.54) is 30.7 Å². The van der Waals surface area contributed by atoms with Gasteiger partial charge in [0.25, 0.3) is 5.91 Å². The summed E-state index contributed by atoms with van der Waals surface area (Å²) in [5.41, 5.74) is 0.450. The zero-order chi connectivity index (χ0) is 16.4. The molecule has 2 rings (SSSR count). The summed E-state index contributed by atoms with van der Waals surface area (Å²) < 4.78 is 4.96. The summed E-state index contributed by atoms with van der Waals surface area (Å²) in [5.74, 6) is -2.11. The monoisotopic (exact) mass is 328 g/mol. The number of amides is 2. The van der Waals surface area contributed by atoms with Gasteiger partial charge < -0.3 is 15.2 Å². The predicted molar refractivity (Wildman–Crippen MR) is 76.9 cm³/mol. The highest BCUT2D eigenvalue weighted by Gasteiger charge is 2.54. The van der Waals surface area contributed by atoms with Crippen LogP contribution in [0.25, 0.3) is 0 Å². The van der Waals surface area contributed by atoms with Crippen LogP contribution in [0.1, 0.15) is 13.3 Å². The van der Waals surface area contributed by atoms with E-state index in [9.17, 15) is 24.3 Å². The average Bonchev–Trinajstić information content (AvgIpc) is 2.43. The van der Waals surface area contributed by atoms with E-state index in [1.54, 1.807) is 0 Å². The van der Waals surface area contributed by atoms with Crippen LogP contribution < -0.4 is 5.32 Å². The summed E-state index contributed by atoms with van der Waals surface area (Å²) in [5, 5.41) is 11.3. The Morgan fingerprint density at radius 3 is 2.68 bits per heavy atom. The molecule has 2 N–H and O–H groups in total. The third-order valence-corrected chi connectivity index (χ3v) is 4.63. The lowest BCUT2D eigenvalue weighted by Gasteiger charge is -2.49. The molecular formula is C13H16N2O6S. The SMILES string of the molecule is COCC1=C(C(=O)O)N2C(=O)C(NC(=O)CC(C)=O)[C@@H]2SC1. The number of methoxy groups -OCH3 is 1. The van der Waals surface area contributed by atoms with Gasteiger partial charge >= 0.3 is 5.97 Å². The zero-order valence-electron chi connectivity index (χ0n) is 12.1. The second-order valence-corrected chi connectivity index (χ2v) is 6.13. The number of carbonyl (C=O) groups is 4. The maximum absolute atomic E-state index is 12.2. The molecule has 0 bridgehead atoms. The number of carboxylic acid groups (broad SMARTS) is 1. The van der Waals surface area contributed by atoms with Crippen molar-refractivity contribution in [3.63, 3.8) is 0 Å². The molecule has 0 radical (unpaired) electrons. The fourth-order valence-electron chi connectivity index (χ4n) is 2.42. The normalized spacial score (nSPS) is 23.7. The van der Waals surface area contributed by atoms with E-state index in [0.29, 0.717) is 11.3 Å². The van der Waals surface area contributed by atoms with Gasteiger partial charge in [0.15, 0.2) is 0 Å². The molecule has 2 atom stereocenters. The quantitative estimate of drug-likeness (QED) is 0.492. The molecular weight excluding hydrogens is 312 g/mol. The fraction of sp³-hybridized carbons (Fsp3) is 0.538. The minimum Gasteiger partial charge on any atom is -0.477 e. The Hall–Kier alpha value is -1.87. The van der Waals surface area contributed by atoms with Crippen LogP contribution in [0.3, 0.4) is 0 Å². The lowest BCUT2D eigenvalue weighted by Crippen LogP contribution is -2.70. The summed E-state index contributed by atoms with van der Waals surface area (Å²) in [6.45, 7) is 1.42. The Bertz CT molecular complexity index is 573. The van der Waals surface area contributed by atoms with E-state index in [2.05, 4.69) is 5.32 Å². The number of ether oxygens (including phenoxy) is 1. The van der Waals surface area contributed by atoms with Gasteiger partial charge in [0.2, 0.25) is 5.91 Å². The molecule has 2 aliphatic heterocycles. The van der Waals surface area contributed by atoms with Gasteiger partial charge in [0.05, 0.1) is 13.0 Å². The van der Waals surface area contributed by atoms with E-state index in [4.69, 9.17) is 4.74 Å². The summed E-state index contributed by atoms with van der Waals surface area (Å²) in [4.78, 5) is 47.2. The van der Waals surface area contributed by atoms with Crippen LogP contribution >= 0.6 is 11.8 Å². The van der Waals surface area contributed by atoms with Crippen molar-refractivity contribution in [1.82, 2.24) is 10.2 Å². The van der Waals surface area contributed by atoms with Crippen LogP contribution in [-0.4, -0.2) is 64.5 Å². The molecule has 0 spiro atoms. The molecule has 120 valence electrons. The molecule has 8 nitrogen and oxygen atoms in total. The number of fused-ring (bicyclic) bond motifs is 1. The van der Waals surface area contributed by atoms with E-state index in [1.807, 2.05) is 0 Å². The first-order valence-corrected chi connectivity index (χ1v) is 7.59. The fourth-order valence-corrected chi connectivity index (χ4v) is 3.75. The number of hydrogen-bond donors (Lipinski definition) is 2. The molecule has 0 aromatic carbocycles. The van der Waals surface area contributed by atoms with Gasteiger partial charge in [0.1, 0.15) is 22.9 Å². The predicted octanol–water partition coefficient (Wildman–Crippen LogP) is -0.649. The first-order chi connectivity index (χ1) is 10.4. The number of thioether (sulfide) groups is 1. The zero-order valence-corrected chi connectivity index (χ0v) is 12.9. The third-order valence-electron chi connectivity index (χ3n) is 3.29. The second-order valence-electron chi connectivity index (χ2n) is 5.02. The molecule has 0 aliphatic carbocycles. The Kier molecular flexibility index (Phi) is 4.87. The lowest BCUT2D eigenvalue weighted by molar-refractivity contribution is -0.151. The summed E-state index contributed by atoms with van der Waals surface area (Å²) in [6, 6.07) is -0.796. The largest absolute Gasteiger partial charge is 0.477 e. The molecule has 0 aromatic rings. The topological polar surface area (TPSA) is 113 Å². The third kappa shape index (κ3) is 3.00. The lowest BCUT2D eigenvalue weighted by atomic mass is 10.0. The first kappa shape index (κ1) is 16.5. The second kappa shape index (κ2) is 6.49. The minimum absolute atomic E-state index is 0.0762. The van der Waals surface area contributed by atoms with Crippen molar-refractivity contribution in [1.29, 1.82) is 0 Å². The number of carboxylic acids is 1. The number of Topliss-reactive ketones (excluding diaryl/α,β-unsaturated/α-hetero) is 1. The number of ketones is 1. The van der Waals surface area contributed by atoms with Gasteiger partial charge in [-0.2, -0.15) is 0 Å². The molecule has 22 heavy (non-hydrogen) atoms. The van der Waals surface area contributed by atoms with Crippen molar-refractivity contribution < 1.29 is 29.0 Å². The van der Waals surface area contributed by atoms with Crippen molar-refractivity contribution >= 4 is 35.3 Å². The van der Waals surface area contributed by atoms with E-state index in [-0.39, 0.29) is 24.5 Å². The Morgan fingerprint density at radius 2 is 2.14 bits per heavy atom. The molecule has 0 aromatic heterocycles. The van der Waals surface area contributed by atoms with Crippen molar-refractivity contribution in [2.75, 3.05) is 19.5 Å². The summed E-state index contributed by atoms with van der Waals surface area (Å²) in [6.07, 6.45) is -0.294. The van der Waals surface area contributed by atoms with Crippen molar-refractivity contribution in [3.05, 3.63) is 11.3 Å². The van der Waals surface area contributed by atoms with Gasteiger partial charge in [-0.3, -0.25) is 19.3 Å². The molecule has 2 heterocycles. The number of nitrogens with one attached hydrogen (secondary N) is 1. The molecule has 1 fully saturated rings. The van der Waals surface area contributed by atoms with Gasteiger partial charge in [-0.15, -0.1) is 11.8 Å². The Morgan fingerprint density at radius 1 is 1.45 bits per heavy atom. The number of rotatable bonds is 6. The van der Waals surface area contributed by atoms with E-state index in [0.717, 1.165) is 0 Å². The van der Waals surface area contributed by atoms with Crippen LogP contribution in [0.15, 0.2) is 11.3 Å². The number of carbonyl (C=O) groups excluding carboxylic acids is 3. The molecule has 0 saturated carbocycles. The van der Waals surface area contributed by atoms with Crippen molar-refractivity contribution in [2.45, 2.75) is 24.8 Å². The van der Waals surface area contributed by atoms with Crippen molar-refractivity contribution in [2.24, 2.45) is 0 Å². The standard InChI is InChI=1S/C13H16N2O6S/c1-6(16)3-8(17)14-9-11(18)15-10(13(19)20)7(4-21-2)5-22-12(9)15/h9,12H,3-5H2,1-2H3,(H,14,17)(H,19,20)/t9?,12-/m0/s1. The average molecular weight is 328 g/mol. The van der Waals surface area contributed by atoms with E-state index < -0.39 is 29.2 Å². The van der Waals surface area contributed by atoms with Crippen LogP contribution in [0.2, 0.25) is 0 Å². The maximum Gasteiger partial charge on any atom is 0.352 e. The molecule has 1 unspecified atom stereocenters. The number of aliphatic carboxylic acids is 1. The smallest absolute Gasteiger partial charge is 0.352 e. The Balaban J connectivity index is 2.14. The van der Waals surface area contributed by atoms with Gasteiger partial charge in [0, 0.05) is 12.9 Å². The molecule has 2 amide bonds. The van der Waals surface area contributed by atoms with Crippen molar-refractivity contribution in [3.8, 4) is 0 Å². The number of β-lactam (4-membered cyclic amide) rings is 1. The van der Waals surface area contributed by atoms with Crippen LogP contribution in [0, 0.1) is 0 Å². The Labute approximate surface area is 130 Å². The summed E-state index contributed by atoms with van der Waals surface area (Å²) >= 11 is 1.36. The minimum atomic E-state index is -1.20. The van der Waals surface area contributed by atoms with E-state index >= 15 is 0 Å². The maximum atomic E-state index is 12.2. The highest BCUT2D eigenvalue weighted by Crippen LogP contribution is 2.40. The molecule has 1 saturated heterocycles. The van der Waals surface area contributed by atoms with Gasteiger partial charge in [-0.1, -0.05) is 0 Å². The van der Waals surface area contributed by atoms with Crippen LogP contribution in [0.5, 0.6) is 0 Å². The first-order valence-electron chi connectivity index (χ1n) is 6.54. The highest BCUT2D eigenvalue weighted by atomic mass is 32.2. The van der Waals surface area contributed by atoms with Crippen LogP contribution in [-0.2, 0) is 23.9 Å². The van der Waals surface area contributed by atoms with Crippen LogP contribution in [0.4, 0.5) is 0 Å². The highest BCUT2D eigenvalue weighted by molar-refractivity contribution is 8.00. The summed E-state index contributed by atoms with van der Waals surface area (Å²) in [7, 11) is 1.45. The van der Waals surface area contributed by atoms with Gasteiger partial charge in [-0.05, 0) is 12.5 Å². The molecule has 2 aliphatic rings. The molecule has 9 heteroatoms. The number of hydrogen-bond acceptors (Lipinski definition) is 6. The number of nitrogens with zero attached hydrogens (tertiary/aromatic N) is 1.